The number of aliphatic carboxylic acids is 2. The first kappa shape index (κ1) is 22.2. The maximum Gasteiger partial charge on any atom is 0.414 e. The molecule has 33 heavy (non-hydrogen) atoms. The molecule has 3 aliphatic carbocycles. The number of ether oxygens (including phenoxy) is 2. The van der Waals surface area contributed by atoms with E-state index in [0.717, 1.165) is 43.9 Å². The van der Waals surface area contributed by atoms with Gasteiger partial charge >= 0.3 is 17.9 Å². The van der Waals surface area contributed by atoms with Crippen LogP contribution in [0.1, 0.15) is 50.2 Å². The molecule has 5 atom stereocenters. The average molecular weight is 459 g/mol. The molecule has 1 saturated heterocycles. The lowest BCUT2D eigenvalue weighted by molar-refractivity contribution is -0.159. The second-order valence-electron chi connectivity index (χ2n) is 9.92. The molecule has 1 aromatic rings. The van der Waals surface area contributed by atoms with E-state index < -0.39 is 18.0 Å². The van der Waals surface area contributed by atoms with Gasteiger partial charge in [0.1, 0.15) is 6.10 Å². The van der Waals surface area contributed by atoms with E-state index in [-0.39, 0.29) is 17.5 Å². The summed E-state index contributed by atoms with van der Waals surface area (Å²) in [6, 6.07) is 4.57. The van der Waals surface area contributed by atoms with Crippen LogP contribution in [0.15, 0.2) is 12.1 Å². The molecule has 0 radical (unpaired) electrons. The molecule has 5 aliphatic rings. The molecule has 2 heterocycles. The van der Waals surface area contributed by atoms with Crippen LogP contribution in [0.3, 0.4) is 0 Å². The molecule has 2 aliphatic heterocycles. The van der Waals surface area contributed by atoms with Gasteiger partial charge in [-0.2, -0.15) is 0 Å². The van der Waals surface area contributed by atoms with Crippen LogP contribution in [0, 0.1) is 11.8 Å². The first-order valence-corrected chi connectivity index (χ1v) is 11.6. The Bertz CT molecular complexity index is 992. The van der Waals surface area contributed by atoms with Gasteiger partial charge in [-0.05, 0) is 68.5 Å². The van der Waals surface area contributed by atoms with Crippen LogP contribution in [-0.4, -0.2) is 69.5 Å². The van der Waals surface area contributed by atoms with Gasteiger partial charge in [0.15, 0.2) is 11.5 Å². The van der Waals surface area contributed by atoms with Crippen molar-refractivity contribution in [3.8, 4) is 11.5 Å². The molecular formula is C24H29NO8. The standard InChI is InChI=1S/C22H27NO4.C2H2O4/c1-12(24)26-18-7-4-14-10-16-15-5-6-17(25)21-22(15,19(14)20(18)27-21)8-9-23(16)11-13-2-3-13;3-1(4)2(5)6/h4,7,13,15-17,21,25H,2-3,5-6,8-11H2,1H3;(H,3,4)(H,5,6)/t15-,16+,17-,21-,22-;/m0./s1. The summed E-state index contributed by atoms with van der Waals surface area (Å²) in [4.78, 5) is 32.5. The third-order valence-corrected chi connectivity index (χ3v) is 8.01. The smallest absolute Gasteiger partial charge is 0.414 e. The number of aliphatic hydroxyl groups is 1. The summed E-state index contributed by atoms with van der Waals surface area (Å²) in [5.74, 6) is -1.30. The Morgan fingerprint density at radius 2 is 1.88 bits per heavy atom. The van der Waals surface area contributed by atoms with Crippen LogP contribution in [0.5, 0.6) is 11.5 Å². The Labute approximate surface area is 191 Å². The van der Waals surface area contributed by atoms with Crippen molar-refractivity contribution in [1.29, 1.82) is 0 Å². The first-order valence-electron chi connectivity index (χ1n) is 11.6. The molecule has 9 nitrogen and oxygen atoms in total. The maximum absolute atomic E-state index is 11.6. The minimum Gasteiger partial charge on any atom is -0.483 e. The van der Waals surface area contributed by atoms with E-state index in [9.17, 15) is 9.90 Å². The number of piperidine rings is 1. The third kappa shape index (κ3) is 3.58. The van der Waals surface area contributed by atoms with Crippen molar-refractivity contribution < 1.29 is 39.2 Å². The number of hydrogen-bond acceptors (Lipinski definition) is 7. The molecule has 0 amide bonds. The van der Waals surface area contributed by atoms with Crippen molar-refractivity contribution in [2.75, 3.05) is 13.1 Å². The fraction of sp³-hybridized carbons (Fsp3) is 0.625. The number of carboxylic acid groups (broad SMARTS) is 2. The number of benzene rings is 1. The normalized spacial score (nSPS) is 33.2. The van der Waals surface area contributed by atoms with Gasteiger partial charge < -0.3 is 24.8 Å². The zero-order valence-electron chi connectivity index (χ0n) is 18.5. The van der Waals surface area contributed by atoms with Crippen molar-refractivity contribution in [2.45, 2.75) is 69.1 Å². The molecule has 1 aromatic carbocycles. The second-order valence-corrected chi connectivity index (χ2v) is 9.92. The summed E-state index contributed by atoms with van der Waals surface area (Å²) in [6.45, 7) is 3.75. The van der Waals surface area contributed by atoms with Crippen molar-refractivity contribution in [2.24, 2.45) is 11.8 Å². The minimum absolute atomic E-state index is 0.110. The lowest BCUT2D eigenvalue weighted by Gasteiger charge is -2.59. The van der Waals surface area contributed by atoms with Gasteiger partial charge in [0.25, 0.3) is 0 Å². The monoisotopic (exact) mass is 459 g/mol. The topological polar surface area (TPSA) is 134 Å². The predicted molar refractivity (Wildman–Crippen MR) is 114 cm³/mol. The maximum atomic E-state index is 11.6. The highest BCUT2D eigenvalue weighted by atomic mass is 16.6. The number of nitrogens with zero attached hydrogens (tertiary/aromatic N) is 1. The molecule has 9 heteroatoms. The summed E-state index contributed by atoms with van der Waals surface area (Å²) in [5, 5.41) is 25.6. The predicted octanol–water partition coefficient (Wildman–Crippen LogP) is 1.58. The van der Waals surface area contributed by atoms with Crippen LogP contribution >= 0.6 is 0 Å². The number of carbonyl (C=O) groups is 3. The molecule has 0 unspecified atom stereocenters. The highest BCUT2D eigenvalue weighted by molar-refractivity contribution is 6.27. The molecule has 1 spiro atoms. The Morgan fingerprint density at radius 1 is 1.15 bits per heavy atom. The van der Waals surface area contributed by atoms with E-state index in [4.69, 9.17) is 29.3 Å². The van der Waals surface area contributed by atoms with E-state index in [1.165, 1.54) is 37.4 Å². The van der Waals surface area contributed by atoms with Gasteiger partial charge in [-0.1, -0.05) is 6.07 Å². The van der Waals surface area contributed by atoms with Crippen molar-refractivity contribution >= 4 is 17.9 Å². The van der Waals surface area contributed by atoms with Crippen molar-refractivity contribution in [3.63, 3.8) is 0 Å². The summed E-state index contributed by atoms with van der Waals surface area (Å²) in [5.41, 5.74) is 2.47. The first-order chi connectivity index (χ1) is 15.7. The Kier molecular flexibility index (Phi) is 5.36. The zero-order valence-corrected chi connectivity index (χ0v) is 18.5. The highest BCUT2D eigenvalue weighted by Crippen LogP contribution is 2.64. The molecule has 178 valence electrons. The van der Waals surface area contributed by atoms with E-state index in [1.807, 2.05) is 6.07 Å². The van der Waals surface area contributed by atoms with Gasteiger partial charge in [0.2, 0.25) is 0 Å². The molecule has 0 aromatic heterocycles. The van der Waals surface area contributed by atoms with E-state index in [1.54, 1.807) is 0 Å². The molecule has 2 bridgehead atoms. The van der Waals surface area contributed by atoms with Crippen LogP contribution in [-0.2, 0) is 26.2 Å². The fourth-order valence-corrected chi connectivity index (χ4v) is 6.68. The largest absolute Gasteiger partial charge is 0.483 e. The lowest BCUT2D eigenvalue weighted by atomic mass is 9.51. The van der Waals surface area contributed by atoms with Gasteiger partial charge in [-0.25, -0.2) is 9.59 Å². The quantitative estimate of drug-likeness (QED) is 0.350. The molecule has 3 N–H and O–H groups in total. The van der Waals surface area contributed by atoms with E-state index in [0.29, 0.717) is 17.7 Å². The summed E-state index contributed by atoms with van der Waals surface area (Å²) in [6.07, 6.45) is 6.07. The number of likely N-dealkylation sites (tertiary alicyclic amines) is 1. The second kappa shape index (κ2) is 7.99. The van der Waals surface area contributed by atoms with Crippen LogP contribution in [0.4, 0.5) is 0 Å². The van der Waals surface area contributed by atoms with Gasteiger partial charge in [-0.15, -0.1) is 0 Å². The molecule has 6 rings (SSSR count). The number of hydrogen-bond donors (Lipinski definition) is 3. The number of rotatable bonds is 3. The minimum atomic E-state index is -1.82. The Balaban J connectivity index is 0.000000340. The molecular weight excluding hydrogens is 430 g/mol. The van der Waals surface area contributed by atoms with Gasteiger partial charge in [-0.3, -0.25) is 9.69 Å². The number of carbonyl (C=O) groups excluding carboxylic acids is 1. The Morgan fingerprint density at radius 3 is 2.52 bits per heavy atom. The fourth-order valence-electron chi connectivity index (χ4n) is 6.68. The van der Waals surface area contributed by atoms with Crippen LogP contribution < -0.4 is 9.47 Å². The van der Waals surface area contributed by atoms with Crippen molar-refractivity contribution in [1.82, 2.24) is 4.90 Å². The van der Waals surface area contributed by atoms with E-state index >= 15 is 0 Å². The van der Waals surface area contributed by atoms with Crippen molar-refractivity contribution in [3.05, 3.63) is 23.3 Å². The number of esters is 1. The summed E-state index contributed by atoms with van der Waals surface area (Å²) >= 11 is 0. The summed E-state index contributed by atoms with van der Waals surface area (Å²) in [7, 11) is 0. The SMILES string of the molecule is CC(=O)Oc1ccc2c3c1O[C@H]1[C@@H](O)CC[C@H]4[C@@H](C2)N(CC2CC2)CC[C@@]341.O=C(O)C(=O)O. The highest BCUT2D eigenvalue weighted by Gasteiger charge is 2.65. The third-order valence-electron chi connectivity index (χ3n) is 8.01. The number of carboxylic acids is 2. The van der Waals surface area contributed by atoms with Gasteiger partial charge in [0.05, 0.1) is 6.10 Å². The lowest BCUT2D eigenvalue weighted by Crippen LogP contribution is -2.67. The van der Waals surface area contributed by atoms with Crippen LogP contribution in [0.2, 0.25) is 0 Å². The molecule has 2 saturated carbocycles. The van der Waals surface area contributed by atoms with Crippen LogP contribution in [0.25, 0.3) is 0 Å². The van der Waals surface area contributed by atoms with Gasteiger partial charge in [0, 0.05) is 30.5 Å². The number of aliphatic hydroxyl groups excluding tert-OH is 1. The Hall–Kier alpha value is -2.65. The van der Waals surface area contributed by atoms with E-state index in [2.05, 4.69) is 11.0 Å². The summed E-state index contributed by atoms with van der Waals surface area (Å²) < 4.78 is 11.9. The zero-order chi connectivity index (χ0) is 23.5. The average Bonchev–Trinajstić information content (AvgIpc) is 3.50. The molecule has 3 fully saturated rings.